The van der Waals surface area contributed by atoms with E-state index in [4.69, 9.17) is 21.1 Å². The maximum absolute atomic E-state index is 10.7. The van der Waals surface area contributed by atoms with E-state index in [0.717, 1.165) is 17.7 Å². The van der Waals surface area contributed by atoms with Crippen molar-refractivity contribution in [2.75, 3.05) is 6.61 Å². The number of halogens is 1. The predicted molar refractivity (Wildman–Crippen MR) is 86.2 cm³/mol. The van der Waals surface area contributed by atoms with E-state index >= 15 is 0 Å². The van der Waals surface area contributed by atoms with E-state index < -0.39 is 5.79 Å². The number of nitrogens with zero attached hydrogens (tertiary/aromatic N) is 2. The standard InChI is InChI=1S/C17H19ClN2O3/c18-15-3-1-14(2-4-15)5-7-17(12-20-9-8-19-13-20)22-11-16(23-17)6-10-21/h1-4,8-10,13,16H,5-7,11-12H2/t16-,17-/m1/s1. The lowest BCUT2D eigenvalue weighted by molar-refractivity contribution is -0.182. The smallest absolute Gasteiger partial charge is 0.187 e. The fourth-order valence-electron chi connectivity index (χ4n) is 2.78. The van der Waals surface area contributed by atoms with Crippen molar-refractivity contribution in [2.45, 2.75) is 37.7 Å². The molecule has 1 aliphatic rings. The molecule has 1 aliphatic heterocycles. The minimum atomic E-state index is -0.728. The van der Waals surface area contributed by atoms with Crippen molar-refractivity contribution in [1.82, 2.24) is 9.55 Å². The summed E-state index contributed by atoms with van der Waals surface area (Å²) in [6, 6.07) is 7.77. The number of hydrogen-bond acceptors (Lipinski definition) is 4. The van der Waals surface area contributed by atoms with Gasteiger partial charge >= 0.3 is 0 Å². The van der Waals surface area contributed by atoms with Crippen LogP contribution in [0.5, 0.6) is 0 Å². The van der Waals surface area contributed by atoms with E-state index in [0.29, 0.717) is 26.0 Å². The Labute approximate surface area is 140 Å². The lowest BCUT2D eigenvalue weighted by Crippen LogP contribution is -2.36. The zero-order valence-electron chi connectivity index (χ0n) is 12.7. The Morgan fingerprint density at radius 2 is 2.22 bits per heavy atom. The van der Waals surface area contributed by atoms with Crippen LogP contribution in [0, 0.1) is 0 Å². The number of aromatic nitrogens is 2. The lowest BCUT2D eigenvalue weighted by Gasteiger charge is -2.28. The maximum Gasteiger partial charge on any atom is 0.187 e. The van der Waals surface area contributed by atoms with Crippen LogP contribution in [0.2, 0.25) is 5.02 Å². The normalized spacial score (nSPS) is 24.0. The quantitative estimate of drug-likeness (QED) is 0.731. The minimum Gasteiger partial charge on any atom is -0.345 e. The largest absolute Gasteiger partial charge is 0.345 e. The first-order valence-electron chi connectivity index (χ1n) is 7.65. The topological polar surface area (TPSA) is 53.4 Å². The Morgan fingerprint density at radius 1 is 1.39 bits per heavy atom. The Bertz CT molecular complexity index is 630. The van der Waals surface area contributed by atoms with Crippen LogP contribution in [0.25, 0.3) is 0 Å². The van der Waals surface area contributed by atoms with Gasteiger partial charge in [-0.3, -0.25) is 0 Å². The molecular weight excluding hydrogens is 316 g/mol. The molecule has 1 saturated heterocycles. The third-order valence-corrected chi connectivity index (χ3v) is 4.22. The highest BCUT2D eigenvalue weighted by molar-refractivity contribution is 6.30. The number of imidazole rings is 1. The third-order valence-electron chi connectivity index (χ3n) is 3.96. The molecule has 6 heteroatoms. The number of hydrogen-bond donors (Lipinski definition) is 0. The van der Waals surface area contributed by atoms with Gasteiger partial charge in [0.1, 0.15) is 6.29 Å². The van der Waals surface area contributed by atoms with E-state index in [1.807, 2.05) is 35.0 Å². The molecule has 2 atom stereocenters. The number of benzene rings is 1. The fourth-order valence-corrected chi connectivity index (χ4v) is 2.90. The summed E-state index contributed by atoms with van der Waals surface area (Å²) >= 11 is 5.92. The summed E-state index contributed by atoms with van der Waals surface area (Å²) in [5, 5.41) is 0.723. The van der Waals surface area contributed by atoms with E-state index in [9.17, 15) is 4.79 Å². The molecular formula is C17H19ClN2O3. The van der Waals surface area contributed by atoms with Gasteiger partial charge in [-0.1, -0.05) is 23.7 Å². The molecule has 0 saturated carbocycles. The number of rotatable bonds is 7. The van der Waals surface area contributed by atoms with Crippen LogP contribution in [0.4, 0.5) is 0 Å². The van der Waals surface area contributed by atoms with Crippen LogP contribution in [0.1, 0.15) is 18.4 Å². The SMILES string of the molecule is O=CC[C@@H]1CO[C@@](CCc2ccc(Cl)cc2)(Cn2ccnc2)O1. The van der Waals surface area contributed by atoms with Crippen molar-refractivity contribution >= 4 is 17.9 Å². The van der Waals surface area contributed by atoms with Crippen LogP contribution < -0.4 is 0 Å². The van der Waals surface area contributed by atoms with Gasteiger partial charge in [-0.15, -0.1) is 0 Å². The molecule has 0 amide bonds. The molecule has 1 aromatic heterocycles. The van der Waals surface area contributed by atoms with E-state index in [1.54, 1.807) is 12.5 Å². The van der Waals surface area contributed by atoms with Crippen molar-refractivity contribution in [1.29, 1.82) is 0 Å². The first-order valence-corrected chi connectivity index (χ1v) is 8.02. The molecule has 2 heterocycles. The van der Waals surface area contributed by atoms with Crippen LogP contribution in [0.3, 0.4) is 0 Å². The molecule has 0 aliphatic carbocycles. The minimum absolute atomic E-state index is 0.179. The van der Waals surface area contributed by atoms with Crippen molar-refractivity contribution < 1.29 is 14.3 Å². The molecule has 0 bridgehead atoms. The van der Waals surface area contributed by atoms with Gasteiger partial charge in [0.2, 0.25) is 0 Å². The van der Waals surface area contributed by atoms with Crippen molar-refractivity contribution in [3.8, 4) is 0 Å². The van der Waals surface area contributed by atoms with Gasteiger partial charge in [-0.05, 0) is 24.1 Å². The number of carbonyl (C=O) groups is 1. The summed E-state index contributed by atoms with van der Waals surface area (Å²) in [6.45, 7) is 0.990. The van der Waals surface area contributed by atoms with Crippen molar-refractivity contribution in [3.05, 3.63) is 53.6 Å². The molecule has 0 spiro atoms. The van der Waals surface area contributed by atoms with Gasteiger partial charge in [0, 0.05) is 30.3 Å². The van der Waals surface area contributed by atoms with Crippen LogP contribution in [0.15, 0.2) is 43.0 Å². The molecule has 23 heavy (non-hydrogen) atoms. The number of aldehydes is 1. The predicted octanol–water partition coefficient (Wildman–Crippen LogP) is 2.87. The zero-order chi connectivity index (χ0) is 16.1. The van der Waals surface area contributed by atoms with Gasteiger partial charge in [-0.25, -0.2) is 4.98 Å². The summed E-state index contributed by atoms with van der Waals surface area (Å²) < 4.78 is 14.0. The highest BCUT2D eigenvalue weighted by atomic mass is 35.5. The molecule has 122 valence electrons. The average Bonchev–Trinajstić information content (AvgIpc) is 3.18. The first kappa shape index (κ1) is 16.2. The summed E-state index contributed by atoms with van der Waals surface area (Å²) in [6.07, 6.45) is 7.90. The Morgan fingerprint density at radius 3 is 2.91 bits per heavy atom. The number of ether oxygens (including phenoxy) is 2. The van der Waals surface area contributed by atoms with Crippen molar-refractivity contribution in [2.24, 2.45) is 0 Å². The van der Waals surface area contributed by atoms with Gasteiger partial charge < -0.3 is 18.8 Å². The second kappa shape index (κ2) is 7.25. The van der Waals surface area contributed by atoms with E-state index in [2.05, 4.69) is 4.98 Å². The molecule has 2 aromatic rings. The molecule has 5 nitrogen and oxygen atoms in total. The number of carbonyl (C=O) groups excluding carboxylic acids is 1. The van der Waals surface area contributed by atoms with Crippen LogP contribution in [-0.2, 0) is 27.2 Å². The van der Waals surface area contributed by atoms with Gasteiger partial charge in [-0.2, -0.15) is 0 Å². The Kier molecular flexibility index (Phi) is 5.10. The van der Waals surface area contributed by atoms with Crippen LogP contribution >= 0.6 is 11.6 Å². The van der Waals surface area contributed by atoms with Gasteiger partial charge in [0.25, 0.3) is 0 Å². The lowest BCUT2D eigenvalue weighted by atomic mass is 10.0. The second-order valence-electron chi connectivity index (χ2n) is 5.73. The Balaban J connectivity index is 1.70. The zero-order valence-corrected chi connectivity index (χ0v) is 13.5. The highest BCUT2D eigenvalue weighted by Gasteiger charge is 2.41. The monoisotopic (exact) mass is 334 g/mol. The highest BCUT2D eigenvalue weighted by Crippen LogP contribution is 2.31. The van der Waals surface area contributed by atoms with E-state index in [1.165, 1.54) is 5.56 Å². The molecule has 0 unspecified atom stereocenters. The van der Waals surface area contributed by atoms with E-state index in [-0.39, 0.29) is 6.10 Å². The Hall–Kier alpha value is -1.69. The van der Waals surface area contributed by atoms with Gasteiger partial charge in [0.15, 0.2) is 5.79 Å². The summed E-state index contributed by atoms with van der Waals surface area (Å²) in [4.78, 5) is 14.8. The molecule has 0 N–H and O–H groups in total. The molecule has 1 fully saturated rings. The molecule has 0 radical (unpaired) electrons. The van der Waals surface area contributed by atoms with Crippen molar-refractivity contribution in [3.63, 3.8) is 0 Å². The molecule has 3 rings (SSSR count). The van der Waals surface area contributed by atoms with Gasteiger partial charge in [0.05, 0.1) is 25.6 Å². The third kappa shape index (κ3) is 4.19. The molecule has 1 aromatic carbocycles. The second-order valence-corrected chi connectivity index (χ2v) is 6.16. The maximum atomic E-state index is 10.7. The first-order chi connectivity index (χ1) is 11.2. The summed E-state index contributed by atoms with van der Waals surface area (Å²) in [7, 11) is 0. The fraction of sp³-hybridized carbons (Fsp3) is 0.412. The average molecular weight is 335 g/mol. The number of aryl methyl sites for hydroxylation is 1. The summed E-state index contributed by atoms with van der Waals surface area (Å²) in [5.74, 6) is -0.728. The summed E-state index contributed by atoms with van der Waals surface area (Å²) in [5.41, 5.74) is 1.17. The van der Waals surface area contributed by atoms with Crippen LogP contribution in [-0.4, -0.2) is 34.3 Å².